The smallest absolute Gasteiger partial charge is 0.0488 e. The Morgan fingerprint density at radius 1 is 1.42 bits per heavy atom. The Balaban J connectivity index is 2.97. The van der Waals surface area contributed by atoms with Gasteiger partial charge in [0.05, 0.1) is 0 Å². The number of fused-ring (bicyclic) bond motifs is 1. The van der Waals surface area contributed by atoms with E-state index in [-0.39, 0.29) is 0 Å². The lowest BCUT2D eigenvalue weighted by atomic mass is 10.2. The molecule has 0 bridgehead atoms. The van der Waals surface area contributed by atoms with Gasteiger partial charge in [0.15, 0.2) is 0 Å². The number of nitrogen functional groups attached to an aromatic ring is 1. The molecule has 0 atom stereocenters. The van der Waals surface area contributed by atoms with Crippen LogP contribution in [0.5, 0.6) is 0 Å². The number of rotatable bonds is 0. The van der Waals surface area contributed by atoms with E-state index in [0.717, 1.165) is 26.8 Å². The highest BCUT2D eigenvalue weighted by Crippen LogP contribution is 2.31. The van der Waals surface area contributed by atoms with E-state index in [0.29, 0.717) is 0 Å². The first-order chi connectivity index (χ1) is 5.70. The summed E-state index contributed by atoms with van der Waals surface area (Å²) in [7, 11) is 0. The Bertz CT molecular complexity index is 431. The molecule has 2 rings (SSSR count). The van der Waals surface area contributed by atoms with Gasteiger partial charge in [-0.2, -0.15) is 0 Å². The van der Waals surface area contributed by atoms with Crippen LogP contribution in [0.1, 0.15) is 5.69 Å². The summed E-state index contributed by atoms with van der Waals surface area (Å²) in [6.07, 6.45) is 0. The highest BCUT2D eigenvalue weighted by atomic mass is 79.9. The van der Waals surface area contributed by atoms with E-state index in [1.165, 1.54) is 0 Å². The van der Waals surface area contributed by atoms with E-state index in [1.807, 2.05) is 25.1 Å². The van der Waals surface area contributed by atoms with Crippen LogP contribution in [0, 0.1) is 6.92 Å². The van der Waals surface area contributed by atoms with Crippen molar-refractivity contribution in [3.8, 4) is 0 Å². The molecule has 0 aliphatic heterocycles. The van der Waals surface area contributed by atoms with Gasteiger partial charge in [0.25, 0.3) is 0 Å². The average Bonchev–Trinajstić information content (AvgIpc) is 2.29. The number of hydrogen-bond acceptors (Lipinski definition) is 1. The quantitative estimate of drug-likeness (QED) is 0.665. The standard InChI is InChI=1S/C9H9BrN2/c1-5-9(10)8-6(11)3-2-4-7(8)12-5/h2-4,12H,11H2,1H3. The van der Waals surface area contributed by atoms with E-state index >= 15 is 0 Å². The summed E-state index contributed by atoms with van der Waals surface area (Å²) in [5.74, 6) is 0. The predicted molar refractivity (Wildman–Crippen MR) is 55.1 cm³/mol. The second kappa shape index (κ2) is 2.52. The van der Waals surface area contributed by atoms with Gasteiger partial charge in [0, 0.05) is 26.8 Å². The molecule has 3 N–H and O–H groups in total. The zero-order chi connectivity index (χ0) is 8.72. The fourth-order valence-corrected chi connectivity index (χ4v) is 1.91. The van der Waals surface area contributed by atoms with E-state index < -0.39 is 0 Å². The number of nitrogens with one attached hydrogen (secondary N) is 1. The Kier molecular flexibility index (Phi) is 1.61. The van der Waals surface area contributed by atoms with Crippen LogP contribution in [0.15, 0.2) is 22.7 Å². The van der Waals surface area contributed by atoms with Gasteiger partial charge in [-0.15, -0.1) is 0 Å². The van der Waals surface area contributed by atoms with Gasteiger partial charge in [0.1, 0.15) is 0 Å². The first-order valence-electron chi connectivity index (χ1n) is 3.72. The summed E-state index contributed by atoms with van der Waals surface area (Å²) in [4.78, 5) is 3.24. The van der Waals surface area contributed by atoms with Gasteiger partial charge in [0.2, 0.25) is 0 Å². The van der Waals surface area contributed by atoms with Gasteiger partial charge in [-0.1, -0.05) is 6.07 Å². The van der Waals surface area contributed by atoms with Crippen LogP contribution in [-0.4, -0.2) is 4.98 Å². The lowest BCUT2D eigenvalue weighted by Crippen LogP contribution is -1.83. The monoisotopic (exact) mass is 224 g/mol. The van der Waals surface area contributed by atoms with Crippen molar-refractivity contribution in [3.63, 3.8) is 0 Å². The van der Waals surface area contributed by atoms with Crippen LogP contribution in [0.3, 0.4) is 0 Å². The molecule has 62 valence electrons. The lowest BCUT2D eigenvalue weighted by Gasteiger charge is -1.94. The molecule has 2 nitrogen and oxygen atoms in total. The van der Waals surface area contributed by atoms with Crippen LogP contribution < -0.4 is 5.73 Å². The molecule has 0 spiro atoms. The number of hydrogen-bond donors (Lipinski definition) is 2. The third kappa shape index (κ3) is 0.932. The van der Waals surface area contributed by atoms with Gasteiger partial charge < -0.3 is 10.7 Å². The molecule has 0 aliphatic rings. The molecule has 12 heavy (non-hydrogen) atoms. The summed E-state index contributed by atoms with van der Waals surface area (Å²) in [6.45, 7) is 2.02. The molecule has 0 saturated heterocycles. The highest BCUT2D eigenvalue weighted by Gasteiger charge is 2.06. The van der Waals surface area contributed by atoms with Crippen LogP contribution in [0.2, 0.25) is 0 Å². The van der Waals surface area contributed by atoms with Crippen molar-refractivity contribution in [1.82, 2.24) is 4.98 Å². The van der Waals surface area contributed by atoms with Crippen molar-refractivity contribution in [1.29, 1.82) is 0 Å². The Hall–Kier alpha value is -0.960. The molecule has 0 unspecified atom stereocenters. The zero-order valence-corrected chi connectivity index (χ0v) is 8.27. The maximum absolute atomic E-state index is 5.82. The number of aromatic amines is 1. The maximum atomic E-state index is 5.82. The summed E-state index contributed by atoms with van der Waals surface area (Å²) < 4.78 is 1.07. The number of halogens is 1. The normalized spacial score (nSPS) is 10.8. The lowest BCUT2D eigenvalue weighted by molar-refractivity contribution is 1.29. The number of benzene rings is 1. The molecule has 0 amide bonds. The van der Waals surface area contributed by atoms with Gasteiger partial charge in [-0.3, -0.25) is 0 Å². The van der Waals surface area contributed by atoms with Crippen molar-refractivity contribution in [2.24, 2.45) is 0 Å². The van der Waals surface area contributed by atoms with Crippen LogP contribution in [-0.2, 0) is 0 Å². The largest absolute Gasteiger partial charge is 0.398 e. The second-order valence-corrected chi connectivity index (χ2v) is 3.63. The summed E-state index contributed by atoms with van der Waals surface area (Å²) in [5, 5.41) is 1.08. The van der Waals surface area contributed by atoms with Crippen LogP contribution >= 0.6 is 15.9 Å². The summed E-state index contributed by atoms with van der Waals surface area (Å²) in [6, 6.07) is 5.86. The molecule has 1 aromatic heterocycles. The Labute approximate surface area is 78.9 Å². The highest BCUT2D eigenvalue weighted by molar-refractivity contribution is 9.10. The first-order valence-corrected chi connectivity index (χ1v) is 4.51. The third-order valence-corrected chi connectivity index (χ3v) is 2.96. The third-order valence-electron chi connectivity index (χ3n) is 1.97. The van der Waals surface area contributed by atoms with Crippen molar-refractivity contribution in [3.05, 3.63) is 28.4 Å². The van der Waals surface area contributed by atoms with Gasteiger partial charge in [-0.05, 0) is 35.0 Å². The minimum atomic E-state index is 0.809. The number of nitrogens with two attached hydrogens (primary N) is 1. The topological polar surface area (TPSA) is 41.8 Å². The SMILES string of the molecule is Cc1[nH]c2cccc(N)c2c1Br. The molecule has 1 heterocycles. The zero-order valence-electron chi connectivity index (χ0n) is 6.69. The fourth-order valence-electron chi connectivity index (χ4n) is 1.36. The van der Waals surface area contributed by atoms with Crippen molar-refractivity contribution < 1.29 is 0 Å². The van der Waals surface area contributed by atoms with Crippen molar-refractivity contribution in [2.75, 3.05) is 5.73 Å². The van der Waals surface area contributed by atoms with E-state index in [2.05, 4.69) is 20.9 Å². The number of H-pyrrole nitrogens is 1. The van der Waals surface area contributed by atoms with Crippen molar-refractivity contribution >= 4 is 32.5 Å². The van der Waals surface area contributed by atoms with E-state index in [9.17, 15) is 0 Å². The first kappa shape index (κ1) is 7.68. The number of aryl methyl sites for hydroxylation is 1. The minimum Gasteiger partial charge on any atom is -0.398 e. The molecule has 0 aliphatic carbocycles. The molecular weight excluding hydrogens is 216 g/mol. The van der Waals surface area contributed by atoms with E-state index in [4.69, 9.17) is 5.73 Å². The second-order valence-electron chi connectivity index (χ2n) is 2.83. The minimum absolute atomic E-state index is 0.809. The van der Waals surface area contributed by atoms with Gasteiger partial charge in [-0.25, -0.2) is 0 Å². The average molecular weight is 225 g/mol. The summed E-state index contributed by atoms with van der Waals surface area (Å²) in [5.41, 5.74) is 8.83. The van der Waals surface area contributed by atoms with Crippen LogP contribution in [0.4, 0.5) is 5.69 Å². The van der Waals surface area contributed by atoms with Crippen molar-refractivity contribution in [2.45, 2.75) is 6.92 Å². The Morgan fingerprint density at radius 3 is 2.83 bits per heavy atom. The molecule has 0 radical (unpaired) electrons. The van der Waals surface area contributed by atoms with E-state index in [1.54, 1.807) is 0 Å². The Morgan fingerprint density at radius 2 is 2.17 bits per heavy atom. The fraction of sp³-hybridized carbons (Fsp3) is 0.111. The predicted octanol–water partition coefficient (Wildman–Crippen LogP) is 2.82. The number of aromatic nitrogens is 1. The molecule has 0 fully saturated rings. The molecular formula is C9H9BrN2. The summed E-state index contributed by atoms with van der Waals surface area (Å²) >= 11 is 3.49. The number of anilines is 1. The molecule has 1 aromatic carbocycles. The van der Waals surface area contributed by atoms with Gasteiger partial charge >= 0.3 is 0 Å². The van der Waals surface area contributed by atoms with Crippen LogP contribution in [0.25, 0.3) is 10.9 Å². The molecule has 0 saturated carbocycles. The molecule has 3 heteroatoms. The molecule has 2 aromatic rings. The maximum Gasteiger partial charge on any atom is 0.0488 e.